The second-order valence-corrected chi connectivity index (χ2v) is 14.8. The zero-order chi connectivity index (χ0) is 33.4. The maximum absolute atomic E-state index is 4.12. The maximum Gasteiger partial charge on any atom is 0.128 e. The van der Waals surface area contributed by atoms with Crippen LogP contribution in [0.2, 0.25) is 0 Å². The summed E-state index contributed by atoms with van der Waals surface area (Å²) in [6, 6.07) is 47.6. The van der Waals surface area contributed by atoms with Crippen LogP contribution in [0.3, 0.4) is 0 Å². The van der Waals surface area contributed by atoms with Crippen molar-refractivity contribution in [2.45, 2.75) is 44.3 Å². The number of allylic oxidation sites excluding steroid dienone is 4. The smallest absolute Gasteiger partial charge is 0.128 e. The largest absolute Gasteiger partial charge is 0.376 e. The van der Waals surface area contributed by atoms with E-state index in [0.717, 1.165) is 12.8 Å². The highest BCUT2D eigenvalue weighted by molar-refractivity contribution is 6.00. The summed E-state index contributed by atoms with van der Waals surface area (Å²) in [6.45, 7) is 4.65. The first-order valence-corrected chi connectivity index (χ1v) is 18.2. The highest BCUT2D eigenvalue weighted by Gasteiger charge is 2.47. The van der Waals surface area contributed by atoms with Crippen molar-refractivity contribution in [3.8, 4) is 11.1 Å². The highest BCUT2D eigenvalue weighted by Crippen LogP contribution is 2.57. The SMILES string of the molecule is CC1C=CC2=C(C1)NC(c1ccccc1)C(n1c3c(c4cc5c(cc41)C(c1ccccc1)(c1ccccc1)c1ccccc1-5)C=CC(C)C3)N2. The van der Waals surface area contributed by atoms with E-state index in [1.54, 1.807) is 0 Å². The van der Waals surface area contributed by atoms with Crippen molar-refractivity contribution < 1.29 is 0 Å². The van der Waals surface area contributed by atoms with Crippen LogP contribution in [-0.2, 0) is 11.8 Å². The molecule has 0 fully saturated rings. The Kier molecular flexibility index (Phi) is 6.61. The molecular formula is C47H41N3. The van der Waals surface area contributed by atoms with Crippen LogP contribution in [0.4, 0.5) is 0 Å². The molecule has 1 aromatic heterocycles. The third kappa shape index (κ3) is 4.22. The van der Waals surface area contributed by atoms with Gasteiger partial charge in [-0.05, 0) is 81.8 Å². The lowest BCUT2D eigenvalue weighted by Crippen LogP contribution is -2.45. The van der Waals surface area contributed by atoms with E-state index in [1.807, 2.05) is 0 Å². The third-order valence-corrected chi connectivity index (χ3v) is 11.7. The Hall–Kier alpha value is -5.54. The van der Waals surface area contributed by atoms with Gasteiger partial charge in [0.15, 0.2) is 0 Å². The molecule has 0 amide bonds. The molecule has 0 radical (unpaired) electrons. The number of hydrogen-bond donors (Lipinski definition) is 2. The van der Waals surface area contributed by atoms with E-state index in [0.29, 0.717) is 11.8 Å². The highest BCUT2D eigenvalue weighted by atomic mass is 15.3. The number of benzene rings is 5. The summed E-state index contributed by atoms with van der Waals surface area (Å²) in [5, 5.41) is 9.54. The van der Waals surface area contributed by atoms with Crippen LogP contribution >= 0.6 is 0 Å². The predicted molar refractivity (Wildman–Crippen MR) is 206 cm³/mol. The molecule has 3 aliphatic carbocycles. The molecule has 4 atom stereocenters. The Morgan fingerprint density at radius 3 is 2.00 bits per heavy atom. The van der Waals surface area contributed by atoms with Gasteiger partial charge in [0.1, 0.15) is 6.17 Å². The molecule has 4 aliphatic rings. The molecule has 6 aromatic rings. The normalized spacial score (nSPS) is 22.7. The standard InChI is InChI=1S/C47H41N3/c1-30-23-25-41-42(26-30)48-45(32-14-6-3-7-15-32)46(49-41)50-43-27-31(2)22-24-36(43)38-28-37-35-20-12-13-21-39(35)47(40(37)29-44(38)50,33-16-8-4-9-17-33)34-18-10-5-11-19-34/h3-25,28-31,45-46,48-49H,26-27H2,1-2H3. The van der Waals surface area contributed by atoms with Crippen molar-refractivity contribution in [1.82, 2.24) is 15.2 Å². The first kappa shape index (κ1) is 29.4. The second-order valence-electron chi connectivity index (χ2n) is 14.8. The van der Waals surface area contributed by atoms with Crippen molar-refractivity contribution in [3.63, 3.8) is 0 Å². The number of nitrogens with one attached hydrogen (secondary N) is 2. The average molecular weight is 648 g/mol. The fourth-order valence-corrected chi connectivity index (χ4v) is 9.45. The fourth-order valence-electron chi connectivity index (χ4n) is 9.45. The average Bonchev–Trinajstić information content (AvgIpc) is 3.63. The van der Waals surface area contributed by atoms with Gasteiger partial charge in [-0.25, -0.2) is 0 Å². The molecule has 0 saturated carbocycles. The quantitative estimate of drug-likeness (QED) is 0.199. The van der Waals surface area contributed by atoms with Crippen LogP contribution in [0.15, 0.2) is 157 Å². The lowest BCUT2D eigenvalue weighted by molar-refractivity contribution is 0.303. The Labute approximate surface area is 294 Å². The summed E-state index contributed by atoms with van der Waals surface area (Å²) in [6.07, 6.45) is 11.4. The Bertz CT molecular complexity index is 2320. The van der Waals surface area contributed by atoms with Crippen molar-refractivity contribution in [2.24, 2.45) is 11.8 Å². The zero-order valence-corrected chi connectivity index (χ0v) is 28.6. The van der Waals surface area contributed by atoms with Crippen molar-refractivity contribution in [2.75, 3.05) is 0 Å². The van der Waals surface area contributed by atoms with Crippen LogP contribution < -0.4 is 10.6 Å². The van der Waals surface area contributed by atoms with Crippen LogP contribution in [-0.4, -0.2) is 4.57 Å². The molecule has 3 nitrogen and oxygen atoms in total. The van der Waals surface area contributed by atoms with Crippen molar-refractivity contribution in [3.05, 3.63) is 196 Å². The summed E-state index contributed by atoms with van der Waals surface area (Å²) in [7, 11) is 0. The molecule has 3 heteroatoms. The zero-order valence-electron chi connectivity index (χ0n) is 28.6. The Balaban J connectivity index is 1.29. The number of aromatic nitrogens is 1. The summed E-state index contributed by atoms with van der Waals surface area (Å²) in [5.74, 6) is 0.971. The molecule has 1 aliphatic heterocycles. The van der Waals surface area contributed by atoms with E-state index in [-0.39, 0.29) is 12.2 Å². The summed E-state index contributed by atoms with van der Waals surface area (Å²) in [5.41, 5.74) is 15.4. The van der Waals surface area contributed by atoms with Crippen LogP contribution in [0.25, 0.3) is 28.1 Å². The van der Waals surface area contributed by atoms with Crippen molar-refractivity contribution >= 4 is 17.0 Å². The molecule has 50 heavy (non-hydrogen) atoms. The van der Waals surface area contributed by atoms with E-state index in [4.69, 9.17) is 0 Å². The van der Waals surface area contributed by atoms with Gasteiger partial charge in [-0.2, -0.15) is 0 Å². The van der Waals surface area contributed by atoms with Gasteiger partial charge >= 0.3 is 0 Å². The van der Waals surface area contributed by atoms with Gasteiger partial charge < -0.3 is 15.2 Å². The minimum atomic E-state index is -0.448. The molecule has 0 saturated heterocycles. The Morgan fingerprint density at radius 1 is 0.620 bits per heavy atom. The predicted octanol–water partition coefficient (Wildman–Crippen LogP) is 10.5. The van der Waals surface area contributed by atoms with E-state index in [1.165, 1.54) is 72.5 Å². The monoisotopic (exact) mass is 647 g/mol. The van der Waals surface area contributed by atoms with Gasteiger partial charge in [0.05, 0.1) is 22.7 Å². The summed E-state index contributed by atoms with van der Waals surface area (Å²) >= 11 is 0. The van der Waals surface area contributed by atoms with E-state index >= 15 is 0 Å². The summed E-state index contributed by atoms with van der Waals surface area (Å²) < 4.78 is 2.68. The fraction of sp³-hybridized carbons (Fsp3) is 0.191. The molecule has 2 N–H and O–H groups in total. The maximum atomic E-state index is 4.12. The van der Waals surface area contributed by atoms with E-state index < -0.39 is 5.41 Å². The van der Waals surface area contributed by atoms with Gasteiger partial charge in [0, 0.05) is 22.3 Å². The lowest BCUT2D eigenvalue weighted by Gasteiger charge is -2.41. The van der Waals surface area contributed by atoms with E-state index in [2.05, 4.69) is 181 Å². The van der Waals surface area contributed by atoms with Gasteiger partial charge in [0.2, 0.25) is 0 Å². The van der Waals surface area contributed by atoms with Gasteiger partial charge in [-0.1, -0.05) is 147 Å². The third-order valence-electron chi connectivity index (χ3n) is 11.7. The molecule has 10 rings (SSSR count). The molecule has 0 bridgehead atoms. The van der Waals surface area contributed by atoms with Crippen LogP contribution in [0, 0.1) is 11.8 Å². The van der Waals surface area contributed by atoms with Gasteiger partial charge in [-0.3, -0.25) is 0 Å². The molecule has 244 valence electrons. The van der Waals surface area contributed by atoms with Gasteiger partial charge in [0.25, 0.3) is 0 Å². The molecule has 5 aromatic carbocycles. The molecule has 2 heterocycles. The number of fused-ring (bicyclic) bond motifs is 6. The minimum Gasteiger partial charge on any atom is -0.376 e. The first-order valence-electron chi connectivity index (χ1n) is 18.2. The number of rotatable bonds is 4. The van der Waals surface area contributed by atoms with Gasteiger partial charge in [-0.15, -0.1) is 0 Å². The first-order chi connectivity index (χ1) is 24.6. The second kappa shape index (κ2) is 11.2. The van der Waals surface area contributed by atoms with Crippen LogP contribution in [0.5, 0.6) is 0 Å². The van der Waals surface area contributed by atoms with E-state index in [9.17, 15) is 0 Å². The number of hydrogen-bond acceptors (Lipinski definition) is 2. The summed E-state index contributed by atoms with van der Waals surface area (Å²) in [4.78, 5) is 0. The topological polar surface area (TPSA) is 29.0 Å². The minimum absolute atomic E-state index is 0.0242. The Morgan fingerprint density at radius 2 is 1.26 bits per heavy atom. The lowest BCUT2D eigenvalue weighted by atomic mass is 9.67. The molecule has 0 spiro atoms. The molecular weight excluding hydrogens is 607 g/mol. The molecule has 4 unspecified atom stereocenters. The van der Waals surface area contributed by atoms with Crippen LogP contribution in [0.1, 0.15) is 71.6 Å². The number of nitrogens with zero attached hydrogens (tertiary/aromatic N) is 1. The van der Waals surface area contributed by atoms with Crippen molar-refractivity contribution in [1.29, 1.82) is 0 Å².